The van der Waals surface area contributed by atoms with Crippen molar-refractivity contribution in [1.29, 1.82) is 0 Å². The summed E-state index contributed by atoms with van der Waals surface area (Å²) in [5.41, 5.74) is 1.92. The van der Waals surface area contributed by atoms with Crippen molar-refractivity contribution in [3.63, 3.8) is 0 Å². The number of likely N-dealkylation sites (tertiary alicyclic amines) is 1. The number of aliphatic carboxylic acids is 1. The van der Waals surface area contributed by atoms with E-state index >= 15 is 0 Å². The van der Waals surface area contributed by atoms with Gasteiger partial charge >= 0.3 is 5.97 Å². The van der Waals surface area contributed by atoms with Crippen LogP contribution in [0.25, 0.3) is 0 Å². The number of benzene rings is 1. The largest absolute Gasteiger partial charge is 0.487 e. The number of fused-ring (bicyclic) bond motifs is 1. The molecule has 12 heteroatoms. The molecule has 0 spiro atoms. The van der Waals surface area contributed by atoms with Gasteiger partial charge in [0.2, 0.25) is 11.8 Å². The second-order valence-corrected chi connectivity index (χ2v) is 12.6. The molecule has 2 aromatic rings. The van der Waals surface area contributed by atoms with Crippen LogP contribution in [0.1, 0.15) is 74.5 Å². The first-order valence-electron chi connectivity index (χ1n) is 14.7. The number of rotatable bonds is 9. The van der Waals surface area contributed by atoms with Crippen LogP contribution in [0.3, 0.4) is 0 Å². The molecule has 1 aromatic heterocycles. The highest BCUT2D eigenvalue weighted by molar-refractivity contribution is 6.31. The number of nitrogens with zero attached hydrogens (tertiary/aromatic N) is 5. The van der Waals surface area contributed by atoms with Gasteiger partial charge in [-0.15, -0.1) is 5.10 Å². The fourth-order valence-corrected chi connectivity index (χ4v) is 7.15. The molecular weight excluding hydrogens is 562 g/mol. The number of halogens is 1. The zero-order chi connectivity index (χ0) is 30.2. The zero-order valence-corrected chi connectivity index (χ0v) is 25.5. The Balaban J connectivity index is 1.53. The molecule has 1 saturated heterocycles. The fraction of sp³-hybridized carbons (Fsp3) is 0.633. The van der Waals surface area contributed by atoms with E-state index in [1.165, 1.54) is 0 Å². The summed E-state index contributed by atoms with van der Waals surface area (Å²) in [6.07, 6.45) is 3.51. The maximum Gasteiger partial charge on any atom is 0.310 e. The molecule has 228 valence electrons. The van der Waals surface area contributed by atoms with Crippen molar-refractivity contribution in [2.24, 2.45) is 24.3 Å². The Morgan fingerprint density at radius 1 is 1.24 bits per heavy atom. The van der Waals surface area contributed by atoms with Crippen molar-refractivity contribution in [2.75, 3.05) is 26.7 Å². The third-order valence-corrected chi connectivity index (χ3v) is 9.67. The molecule has 1 aliphatic carbocycles. The summed E-state index contributed by atoms with van der Waals surface area (Å²) in [4.78, 5) is 43.3. The molecule has 1 N–H and O–H groups in total. The van der Waals surface area contributed by atoms with E-state index in [2.05, 4.69) is 10.3 Å². The van der Waals surface area contributed by atoms with Crippen molar-refractivity contribution in [2.45, 2.75) is 71.6 Å². The topological polar surface area (TPSA) is 127 Å². The van der Waals surface area contributed by atoms with E-state index in [4.69, 9.17) is 21.1 Å². The minimum atomic E-state index is -1.14. The van der Waals surface area contributed by atoms with Gasteiger partial charge in [0.25, 0.3) is 0 Å². The monoisotopic (exact) mass is 601 g/mol. The van der Waals surface area contributed by atoms with E-state index in [1.54, 1.807) is 42.8 Å². The number of ether oxygens (including phenoxy) is 2. The van der Waals surface area contributed by atoms with Crippen LogP contribution in [0.2, 0.25) is 5.02 Å². The molecule has 11 nitrogen and oxygen atoms in total. The zero-order valence-electron chi connectivity index (χ0n) is 24.8. The lowest BCUT2D eigenvalue weighted by Crippen LogP contribution is -2.52. The molecule has 2 aliphatic heterocycles. The Labute approximate surface area is 251 Å². The summed E-state index contributed by atoms with van der Waals surface area (Å²) in [5, 5.41) is 19.1. The number of aromatic nitrogens is 3. The number of aryl methyl sites for hydroxylation is 1. The number of carboxylic acids is 1. The molecule has 0 bridgehead atoms. The summed E-state index contributed by atoms with van der Waals surface area (Å²) < 4.78 is 13.3. The average Bonchev–Trinajstić information content (AvgIpc) is 3.47. The summed E-state index contributed by atoms with van der Waals surface area (Å²) in [5.74, 6) is -0.971. The first kappa shape index (κ1) is 30.3. The lowest BCUT2D eigenvalue weighted by atomic mass is 9.66. The fourth-order valence-electron chi connectivity index (χ4n) is 6.89. The van der Waals surface area contributed by atoms with Crippen molar-refractivity contribution < 1.29 is 29.0 Å². The van der Waals surface area contributed by atoms with Crippen LogP contribution < -0.4 is 4.74 Å². The van der Waals surface area contributed by atoms with E-state index in [-0.39, 0.29) is 30.9 Å². The average molecular weight is 602 g/mol. The van der Waals surface area contributed by atoms with Crippen LogP contribution in [-0.2, 0) is 45.8 Å². The van der Waals surface area contributed by atoms with Crippen LogP contribution in [-0.4, -0.2) is 74.4 Å². The lowest BCUT2D eigenvalue weighted by molar-refractivity contribution is -0.162. The Morgan fingerprint density at radius 3 is 2.71 bits per heavy atom. The third kappa shape index (κ3) is 5.60. The Bertz CT molecular complexity index is 1360. The van der Waals surface area contributed by atoms with Crippen LogP contribution in [0, 0.1) is 17.3 Å². The van der Waals surface area contributed by atoms with Gasteiger partial charge in [-0.1, -0.05) is 36.6 Å². The van der Waals surface area contributed by atoms with Crippen LogP contribution in [0.4, 0.5) is 0 Å². The normalized spacial score (nSPS) is 25.9. The van der Waals surface area contributed by atoms with Crippen molar-refractivity contribution in [3.8, 4) is 5.75 Å². The van der Waals surface area contributed by atoms with Crippen molar-refractivity contribution in [3.05, 3.63) is 39.7 Å². The van der Waals surface area contributed by atoms with E-state index in [9.17, 15) is 19.5 Å². The number of hydrogen-bond donors (Lipinski definition) is 1. The summed E-state index contributed by atoms with van der Waals surface area (Å²) in [6, 6.07) is 3.05. The number of carboxylic acid groups (broad SMARTS) is 1. The first-order valence-corrected chi connectivity index (χ1v) is 15.0. The number of methoxy groups -OCH3 is 1. The lowest BCUT2D eigenvalue weighted by Gasteiger charge is -2.45. The Morgan fingerprint density at radius 2 is 2.02 bits per heavy atom. The molecule has 3 aliphatic rings. The molecule has 0 radical (unpaired) electrons. The predicted molar refractivity (Wildman–Crippen MR) is 154 cm³/mol. The second kappa shape index (κ2) is 12.2. The molecule has 1 aromatic carbocycles. The van der Waals surface area contributed by atoms with Gasteiger partial charge in [-0.2, -0.15) is 0 Å². The molecule has 2 amide bonds. The molecule has 1 saturated carbocycles. The van der Waals surface area contributed by atoms with Gasteiger partial charge in [0, 0.05) is 50.8 Å². The van der Waals surface area contributed by atoms with Crippen LogP contribution >= 0.6 is 11.6 Å². The first-order chi connectivity index (χ1) is 20.0. The maximum atomic E-state index is 14.4. The molecule has 0 unspecified atom stereocenters. The minimum Gasteiger partial charge on any atom is -0.487 e. The molecule has 2 fully saturated rings. The van der Waals surface area contributed by atoms with E-state index in [0.717, 1.165) is 29.7 Å². The van der Waals surface area contributed by atoms with Gasteiger partial charge in [0.1, 0.15) is 18.1 Å². The van der Waals surface area contributed by atoms with Gasteiger partial charge in [-0.05, 0) is 49.8 Å². The Kier molecular flexibility index (Phi) is 8.80. The summed E-state index contributed by atoms with van der Waals surface area (Å²) in [7, 11) is 3.39. The highest BCUT2D eigenvalue weighted by Gasteiger charge is 2.50. The molecule has 5 rings (SSSR count). The van der Waals surface area contributed by atoms with Crippen molar-refractivity contribution in [1.82, 2.24) is 24.8 Å². The number of carbonyl (C=O) groups is 3. The summed E-state index contributed by atoms with van der Waals surface area (Å²) in [6.45, 7) is 5.45. The van der Waals surface area contributed by atoms with Crippen molar-refractivity contribution >= 4 is 29.4 Å². The van der Waals surface area contributed by atoms with Gasteiger partial charge in [-0.3, -0.25) is 14.4 Å². The molecule has 42 heavy (non-hydrogen) atoms. The van der Waals surface area contributed by atoms with E-state index < -0.39 is 23.3 Å². The molecule has 4 atom stereocenters. The predicted octanol–water partition coefficient (Wildman–Crippen LogP) is 3.77. The van der Waals surface area contributed by atoms with Crippen LogP contribution in [0.15, 0.2) is 12.1 Å². The standard InChI is InChI=1S/C30H40ClN5O6/c1-18-13-26(37)35(14-18)15-23-27-19(10-12-36(23)28(38)20-7-5-6-11-30(20,2)29(39)40)21(31)8-9-25(27)42-16-22-24(17-41-4)34(3)33-32-22/h8-9,18,20,23H,5-7,10-17H2,1-4H3,(H,39,40)/t18-,20+,23-,30+/m1/s1. The van der Waals surface area contributed by atoms with Gasteiger partial charge < -0.3 is 24.4 Å². The number of carbonyl (C=O) groups excluding carboxylic acids is 2. The maximum absolute atomic E-state index is 14.4. The van der Waals surface area contributed by atoms with Gasteiger partial charge in [0.15, 0.2) is 0 Å². The smallest absolute Gasteiger partial charge is 0.310 e. The van der Waals surface area contributed by atoms with Gasteiger partial charge in [0.05, 0.1) is 29.7 Å². The minimum absolute atomic E-state index is 0.0447. The van der Waals surface area contributed by atoms with Crippen LogP contribution in [0.5, 0.6) is 5.75 Å². The summed E-state index contributed by atoms with van der Waals surface area (Å²) >= 11 is 6.74. The highest BCUT2D eigenvalue weighted by atomic mass is 35.5. The Hall–Kier alpha value is -3.18. The second-order valence-electron chi connectivity index (χ2n) is 12.2. The molecule has 3 heterocycles. The highest BCUT2D eigenvalue weighted by Crippen LogP contribution is 2.46. The van der Waals surface area contributed by atoms with E-state index in [1.807, 2.05) is 11.8 Å². The van der Waals surface area contributed by atoms with Gasteiger partial charge in [-0.25, -0.2) is 4.68 Å². The van der Waals surface area contributed by atoms with E-state index in [0.29, 0.717) is 61.8 Å². The quantitative estimate of drug-likeness (QED) is 0.460. The number of amides is 2. The SMILES string of the molecule is COCc1c(COc2ccc(Cl)c3c2[C@@H](CN2C[C@H](C)CC2=O)N(C(=O)[C@@H]2CCCC[C@]2(C)C(=O)O)CC3)nnn1C. The number of hydrogen-bond acceptors (Lipinski definition) is 7. The molecular formula is C30H40ClN5O6. The third-order valence-electron chi connectivity index (χ3n) is 9.32.